The third-order valence-electron chi connectivity index (χ3n) is 2.03. The van der Waals surface area contributed by atoms with Crippen molar-refractivity contribution in [1.29, 1.82) is 0 Å². The smallest absolute Gasteiger partial charge is 0.287 e. The topological polar surface area (TPSA) is 60.1 Å². The second kappa shape index (κ2) is 4.24. The quantitative estimate of drug-likeness (QED) is 0.660. The highest BCUT2D eigenvalue weighted by Gasteiger charge is 2.16. The van der Waals surface area contributed by atoms with E-state index >= 15 is 0 Å². The minimum absolute atomic E-state index is 0.0544. The van der Waals surface area contributed by atoms with Crippen LogP contribution in [-0.4, -0.2) is 9.60 Å². The highest BCUT2D eigenvalue weighted by atomic mass is 35.5. The molecule has 0 spiro atoms. The first-order chi connectivity index (χ1) is 7.68. The van der Waals surface area contributed by atoms with E-state index in [1.807, 2.05) is 0 Å². The number of rotatable bonds is 3. The molecule has 0 saturated carbocycles. The molecule has 0 radical (unpaired) electrons. The second-order valence-corrected chi connectivity index (χ2v) is 3.50. The molecule has 0 aliphatic heterocycles. The molecule has 1 N–H and O–H groups in total. The summed E-state index contributed by atoms with van der Waals surface area (Å²) in [5, 5.41) is 11.1. The average molecular weight is 238 g/mol. The maximum atomic E-state index is 10.8. The van der Waals surface area contributed by atoms with Gasteiger partial charge in [-0.15, -0.1) is 0 Å². The summed E-state index contributed by atoms with van der Waals surface area (Å²) in [6.45, 7) is 0. The van der Waals surface area contributed by atoms with Gasteiger partial charge in [0.15, 0.2) is 5.69 Å². The van der Waals surface area contributed by atoms with E-state index in [2.05, 4.69) is 5.43 Å². The van der Waals surface area contributed by atoms with Crippen LogP contribution in [0.4, 0.5) is 11.4 Å². The summed E-state index contributed by atoms with van der Waals surface area (Å²) in [6, 6.07) is 8.14. The molecule has 1 aromatic heterocycles. The molecule has 0 amide bonds. The number of hydrogen-bond donors (Lipinski definition) is 1. The van der Waals surface area contributed by atoms with Gasteiger partial charge in [-0.2, -0.15) is 0 Å². The van der Waals surface area contributed by atoms with Gasteiger partial charge in [0.05, 0.1) is 9.95 Å². The van der Waals surface area contributed by atoms with Gasteiger partial charge in [0, 0.05) is 18.5 Å². The zero-order chi connectivity index (χ0) is 11.5. The molecule has 2 aromatic rings. The fraction of sp³-hybridized carbons (Fsp3) is 0. The van der Waals surface area contributed by atoms with Crippen LogP contribution in [0, 0.1) is 10.1 Å². The molecule has 0 aliphatic rings. The fourth-order valence-corrected chi connectivity index (χ4v) is 1.53. The van der Waals surface area contributed by atoms with Crippen LogP contribution in [-0.2, 0) is 0 Å². The first-order valence-electron chi connectivity index (χ1n) is 4.51. The standard InChI is InChI=1S/C10H8ClN3O2/c11-8-4-3-5-9(14(15)16)10(8)12-13-6-1-2-7-13/h1-7,12H. The summed E-state index contributed by atoms with van der Waals surface area (Å²) in [6.07, 6.45) is 3.46. The van der Waals surface area contributed by atoms with E-state index in [0.717, 1.165) is 0 Å². The molecule has 6 heteroatoms. The van der Waals surface area contributed by atoms with Crippen molar-refractivity contribution in [3.05, 3.63) is 57.9 Å². The molecule has 0 aliphatic carbocycles. The Hall–Kier alpha value is -2.01. The molecule has 0 fully saturated rings. The van der Waals surface area contributed by atoms with Crippen molar-refractivity contribution >= 4 is 23.0 Å². The van der Waals surface area contributed by atoms with Crippen LogP contribution in [0.2, 0.25) is 5.02 Å². The predicted octanol–water partition coefficient (Wildman–Crippen LogP) is 2.92. The molecule has 1 heterocycles. The lowest BCUT2D eigenvalue weighted by atomic mass is 10.3. The van der Waals surface area contributed by atoms with Gasteiger partial charge in [0.25, 0.3) is 5.69 Å². The lowest BCUT2D eigenvalue weighted by Crippen LogP contribution is -2.08. The molecule has 16 heavy (non-hydrogen) atoms. The van der Waals surface area contributed by atoms with E-state index in [9.17, 15) is 10.1 Å². The summed E-state index contributed by atoms with van der Waals surface area (Å²) in [7, 11) is 0. The van der Waals surface area contributed by atoms with Crippen LogP contribution in [0.5, 0.6) is 0 Å². The van der Waals surface area contributed by atoms with Crippen molar-refractivity contribution in [2.75, 3.05) is 5.43 Å². The molecule has 0 unspecified atom stereocenters. The highest BCUT2D eigenvalue weighted by molar-refractivity contribution is 6.33. The van der Waals surface area contributed by atoms with Crippen molar-refractivity contribution in [3.63, 3.8) is 0 Å². The molecule has 5 nitrogen and oxygen atoms in total. The third-order valence-corrected chi connectivity index (χ3v) is 2.35. The van der Waals surface area contributed by atoms with E-state index in [1.165, 1.54) is 6.07 Å². The third kappa shape index (κ3) is 1.99. The van der Waals surface area contributed by atoms with Crippen molar-refractivity contribution in [3.8, 4) is 0 Å². The predicted molar refractivity (Wildman–Crippen MR) is 61.6 cm³/mol. The summed E-state index contributed by atoms with van der Waals surface area (Å²) in [4.78, 5) is 10.3. The van der Waals surface area contributed by atoms with E-state index < -0.39 is 4.92 Å². The maximum Gasteiger partial charge on any atom is 0.295 e. The Bertz CT molecular complexity index is 511. The number of nitro benzene ring substituents is 1. The second-order valence-electron chi connectivity index (χ2n) is 3.09. The molecule has 1 aromatic carbocycles. The van der Waals surface area contributed by atoms with Crippen molar-refractivity contribution in [2.24, 2.45) is 0 Å². The minimum Gasteiger partial charge on any atom is -0.287 e. The zero-order valence-electron chi connectivity index (χ0n) is 8.13. The van der Waals surface area contributed by atoms with Gasteiger partial charge in [0.2, 0.25) is 0 Å². The summed E-state index contributed by atoms with van der Waals surface area (Å²) < 4.78 is 1.59. The van der Waals surface area contributed by atoms with Gasteiger partial charge in [-0.3, -0.25) is 20.2 Å². The van der Waals surface area contributed by atoms with E-state index in [1.54, 1.807) is 41.3 Å². The minimum atomic E-state index is -0.474. The highest BCUT2D eigenvalue weighted by Crippen LogP contribution is 2.31. The first-order valence-corrected chi connectivity index (χ1v) is 4.89. The van der Waals surface area contributed by atoms with Crippen LogP contribution in [0.15, 0.2) is 42.7 Å². The van der Waals surface area contributed by atoms with Crippen molar-refractivity contribution in [1.82, 2.24) is 4.68 Å². The molecule has 0 atom stereocenters. The number of nitro groups is 1. The van der Waals surface area contributed by atoms with Crippen LogP contribution < -0.4 is 5.43 Å². The Balaban J connectivity index is 2.42. The maximum absolute atomic E-state index is 10.8. The van der Waals surface area contributed by atoms with Gasteiger partial charge in [-0.1, -0.05) is 17.7 Å². The SMILES string of the molecule is O=[N+]([O-])c1cccc(Cl)c1Nn1cccc1. The molecular weight excluding hydrogens is 230 g/mol. The molecular formula is C10H8ClN3O2. The Morgan fingerprint density at radius 2 is 1.94 bits per heavy atom. The molecule has 0 saturated heterocycles. The van der Waals surface area contributed by atoms with Crippen LogP contribution >= 0.6 is 11.6 Å². The van der Waals surface area contributed by atoms with Gasteiger partial charge in [0.1, 0.15) is 0 Å². The van der Waals surface area contributed by atoms with E-state index in [-0.39, 0.29) is 11.4 Å². The average Bonchev–Trinajstić information content (AvgIpc) is 2.73. The zero-order valence-corrected chi connectivity index (χ0v) is 8.89. The summed E-state index contributed by atoms with van der Waals surface area (Å²) in [5.74, 6) is 0. The molecule has 82 valence electrons. The number of nitrogens with one attached hydrogen (secondary N) is 1. The van der Waals surface area contributed by atoms with Gasteiger partial charge in [-0.25, -0.2) is 0 Å². The number of benzene rings is 1. The van der Waals surface area contributed by atoms with Gasteiger partial charge >= 0.3 is 0 Å². The summed E-state index contributed by atoms with van der Waals surface area (Å²) >= 11 is 5.91. The number of anilines is 1. The number of nitrogens with zero attached hydrogens (tertiary/aromatic N) is 2. The largest absolute Gasteiger partial charge is 0.295 e. The molecule has 0 bridgehead atoms. The van der Waals surface area contributed by atoms with Crippen LogP contribution in [0.3, 0.4) is 0 Å². The Morgan fingerprint density at radius 1 is 1.25 bits per heavy atom. The number of aromatic nitrogens is 1. The summed E-state index contributed by atoms with van der Waals surface area (Å²) in [5.41, 5.74) is 3.07. The van der Waals surface area contributed by atoms with Crippen LogP contribution in [0.1, 0.15) is 0 Å². The van der Waals surface area contributed by atoms with Crippen LogP contribution in [0.25, 0.3) is 0 Å². The molecule has 2 rings (SSSR count). The number of halogens is 1. The van der Waals surface area contributed by atoms with Crippen molar-refractivity contribution in [2.45, 2.75) is 0 Å². The lowest BCUT2D eigenvalue weighted by molar-refractivity contribution is -0.384. The Morgan fingerprint density at radius 3 is 2.56 bits per heavy atom. The lowest BCUT2D eigenvalue weighted by Gasteiger charge is -2.09. The fourth-order valence-electron chi connectivity index (χ4n) is 1.31. The first kappa shape index (κ1) is 10.5. The number of hydrogen-bond acceptors (Lipinski definition) is 3. The Kier molecular flexibility index (Phi) is 2.78. The van der Waals surface area contributed by atoms with Crippen molar-refractivity contribution < 1.29 is 4.92 Å². The van der Waals surface area contributed by atoms with Gasteiger partial charge in [-0.05, 0) is 18.2 Å². The van der Waals surface area contributed by atoms with E-state index in [4.69, 9.17) is 11.6 Å². The monoisotopic (exact) mass is 237 g/mol. The van der Waals surface area contributed by atoms with E-state index in [0.29, 0.717) is 5.02 Å². The normalized spacial score (nSPS) is 10.1. The van der Waals surface area contributed by atoms with Gasteiger partial charge < -0.3 is 0 Å². The number of para-hydroxylation sites is 1. The Labute approximate surface area is 96.4 Å².